The molecule has 11 heteroatoms. The molecule has 0 fully saturated rings. The second-order valence-corrected chi connectivity index (χ2v) is 9.13. The van der Waals surface area contributed by atoms with Crippen molar-refractivity contribution in [2.45, 2.75) is 33.7 Å². The molecular formula is C26H40Cl3N5O3. The number of hydrogen-bond donors (Lipinski definition) is 1. The second kappa shape index (κ2) is 16.0. The number of carbonyl (C=O) groups excluding carboxylic acids is 2. The lowest BCUT2D eigenvalue weighted by atomic mass is 9.90. The molecule has 0 spiro atoms. The van der Waals surface area contributed by atoms with Crippen molar-refractivity contribution in [1.29, 1.82) is 0 Å². The van der Waals surface area contributed by atoms with Gasteiger partial charge in [0.25, 0.3) is 0 Å². The highest BCUT2D eigenvalue weighted by Crippen LogP contribution is 2.40. The topological polar surface area (TPSA) is 78.0 Å². The van der Waals surface area contributed by atoms with Crippen LogP contribution in [0.25, 0.3) is 0 Å². The zero-order valence-corrected chi connectivity index (χ0v) is 24.7. The molecule has 208 valence electrons. The van der Waals surface area contributed by atoms with Gasteiger partial charge < -0.3 is 19.9 Å². The van der Waals surface area contributed by atoms with Crippen LogP contribution in [0, 0.1) is 5.41 Å². The van der Waals surface area contributed by atoms with Gasteiger partial charge in [0.1, 0.15) is 11.2 Å². The average molecular weight is 577 g/mol. The Bertz CT molecular complexity index is 995. The fraction of sp³-hybridized carbons (Fsp3) is 0.500. The van der Waals surface area contributed by atoms with Crippen LogP contribution in [0.1, 0.15) is 32.8 Å². The van der Waals surface area contributed by atoms with Crippen LogP contribution in [0.2, 0.25) is 0 Å². The molecule has 0 unspecified atom stereocenters. The van der Waals surface area contributed by atoms with E-state index >= 15 is 0 Å². The maximum Gasteiger partial charge on any atom is 0.242 e. The highest BCUT2D eigenvalue weighted by atomic mass is 35.5. The number of aromatic nitrogens is 1. The Hall–Kier alpha value is -2.10. The molecule has 0 aliphatic carbocycles. The van der Waals surface area contributed by atoms with Gasteiger partial charge in [-0.15, -0.1) is 37.2 Å². The quantitative estimate of drug-likeness (QED) is 0.319. The molecule has 2 aromatic rings. The maximum atomic E-state index is 13.0. The van der Waals surface area contributed by atoms with Gasteiger partial charge in [-0.05, 0) is 64.1 Å². The van der Waals surface area contributed by atoms with Crippen LogP contribution in [0.4, 0.5) is 11.4 Å². The number of benzene rings is 1. The van der Waals surface area contributed by atoms with Crippen molar-refractivity contribution in [3.8, 4) is 5.75 Å². The lowest BCUT2D eigenvalue weighted by Gasteiger charge is -2.27. The standard InChI is InChI=1S/C26H37N5O3.3ClH/c1-6-31-22-9-8-21(18-23(22)29(5)24(32)26(2,3)25(31)33)34-17-7-15-30(16-14-27-4)19-20-10-12-28-13-11-20;;;/h8-13,18,27H,6-7,14-17,19H2,1-5H3;3*1H. The van der Waals surface area contributed by atoms with Gasteiger partial charge in [-0.1, -0.05) is 0 Å². The van der Waals surface area contributed by atoms with Crippen LogP contribution in [-0.4, -0.2) is 68.6 Å². The van der Waals surface area contributed by atoms with E-state index in [-0.39, 0.29) is 49.0 Å². The van der Waals surface area contributed by atoms with Crippen molar-refractivity contribution < 1.29 is 14.3 Å². The number of ether oxygens (including phenoxy) is 1. The molecule has 0 radical (unpaired) electrons. The van der Waals surface area contributed by atoms with Crippen molar-refractivity contribution in [2.75, 3.05) is 56.7 Å². The Labute approximate surface area is 239 Å². The number of nitrogens with zero attached hydrogens (tertiary/aromatic N) is 4. The molecule has 0 atom stereocenters. The van der Waals surface area contributed by atoms with E-state index in [9.17, 15) is 9.59 Å². The summed E-state index contributed by atoms with van der Waals surface area (Å²) in [7, 11) is 3.68. The molecule has 0 saturated heterocycles. The molecule has 2 heterocycles. The minimum absolute atomic E-state index is 0. The van der Waals surface area contributed by atoms with Crippen LogP contribution in [0.15, 0.2) is 42.7 Å². The normalized spacial score (nSPS) is 14.2. The third-order valence-electron chi connectivity index (χ3n) is 6.26. The van der Waals surface area contributed by atoms with Gasteiger partial charge in [0.05, 0.1) is 18.0 Å². The summed E-state index contributed by atoms with van der Waals surface area (Å²) in [6, 6.07) is 9.70. The summed E-state index contributed by atoms with van der Waals surface area (Å²) in [4.78, 5) is 35.8. The summed E-state index contributed by atoms with van der Waals surface area (Å²) in [5.74, 6) is 0.288. The Morgan fingerprint density at radius 3 is 2.30 bits per heavy atom. The smallest absolute Gasteiger partial charge is 0.242 e. The van der Waals surface area contributed by atoms with E-state index in [0.29, 0.717) is 24.6 Å². The molecule has 1 aliphatic rings. The first kappa shape index (κ1) is 34.9. The summed E-state index contributed by atoms with van der Waals surface area (Å²) in [6.45, 7) is 9.98. The monoisotopic (exact) mass is 575 g/mol. The van der Waals surface area contributed by atoms with E-state index in [1.807, 2.05) is 56.7 Å². The number of fused-ring (bicyclic) bond motifs is 1. The predicted molar refractivity (Wildman–Crippen MR) is 157 cm³/mol. The molecule has 1 N–H and O–H groups in total. The Morgan fingerprint density at radius 2 is 1.68 bits per heavy atom. The van der Waals surface area contributed by atoms with Gasteiger partial charge in [-0.25, -0.2) is 0 Å². The molecule has 1 aliphatic heterocycles. The largest absolute Gasteiger partial charge is 0.493 e. The predicted octanol–water partition coefficient (Wildman–Crippen LogP) is 4.19. The second-order valence-electron chi connectivity index (χ2n) is 9.13. The van der Waals surface area contributed by atoms with Crippen LogP contribution in [0.3, 0.4) is 0 Å². The first-order valence-electron chi connectivity index (χ1n) is 11.9. The van der Waals surface area contributed by atoms with Crippen LogP contribution < -0.4 is 19.9 Å². The molecule has 8 nitrogen and oxygen atoms in total. The van der Waals surface area contributed by atoms with E-state index < -0.39 is 5.41 Å². The summed E-state index contributed by atoms with van der Waals surface area (Å²) < 4.78 is 6.06. The number of rotatable bonds is 11. The maximum absolute atomic E-state index is 13.0. The number of likely N-dealkylation sites (N-methyl/N-ethyl adjacent to an activating group) is 1. The highest BCUT2D eigenvalue weighted by Gasteiger charge is 2.45. The fourth-order valence-corrected chi connectivity index (χ4v) is 4.24. The summed E-state index contributed by atoms with van der Waals surface area (Å²) >= 11 is 0. The van der Waals surface area contributed by atoms with E-state index in [1.165, 1.54) is 5.56 Å². The average Bonchev–Trinajstić information content (AvgIpc) is 2.89. The first-order chi connectivity index (χ1) is 16.3. The number of nitrogens with one attached hydrogen (secondary N) is 1. The molecule has 1 aromatic carbocycles. The van der Waals surface area contributed by atoms with Crippen LogP contribution in [0.5, 0.6) is 5.75 Å². The minimum Gasteiger partial charge on any atom is -0.493 e. The fourth-order valence-electron chi connectivity index (χ4n) is 4.24. The number of pyridine rings is 1. The lowest BCUT2D eigenvalue weighted by molar-refractivity contribution is -0.137. The van der Waals surface area contributed by atoms with Crippen LogP contribution >= 0.6 is 37.2 Å². The zero-order chi connectivity index (χ0) is 24.7. The van der Waals surface area contributed by atoms with Crippen molar-refractivity contribution >= 4 is 60.4 Å². The van der Waals surface area contributed by atoms with Crippen molar-refractivity contribution in [3.05, 3.63) is 48.3 Å². The van der Waals surface area contributed by atoms with Gasteiger partial charge in [0.15, 0.2) is 0 Å². The van der Waals surface area contributed by atoms with Gasteiger partial charge in [-0.3, -0.25) is 19.5 Å². The van der Waals surface area contributed by atoms with Crippen molar-refractivity contribution in [2.24, 2.45) is 5.41 Å². The molecule has 2 amide bonds. The molecule has 3 rings (SSSR count). The summed E-state index contributed by atoms with van der Waals surface area (Å²) in [5.41, 5.74) is 1.55. The van der Waals surface area contributed by atoms with Crippen molar-refractivity contribution in [1.82, 2.24) is 15.2 Å². The number of anilines is 2. The third kappa shape index (κ3) is 8.45. The molecule has 1 aromatic heterocycles. The molecule has 37 heavy (non-hydrogen) atoms. The Kier molecular flexibility index (Phi) is 15.1. The summed E-state index contributed by atoms with van der Waals surface area (Å²) in [6.07, 6.45) is 4.51. The lowest BCUT2D eigenvalue weighted by Crippen LogP contribution is -2.47. The number of halogens is 3. The van der Waals surface area contributed by atoms with Gasteiger partial charge in [0, 0.05) is 58.2 Å². The van der Waals surface area contributed by atoms with E-state index in [4.69, 9.17) is 4.74 Å². The molecular weight excluding hydrogens is 537 g/mol. The van der Waals surface area contributed by atoms with E-state index in [0.717, 1.165) is 38.3 Å². The molecule has 0 saturated carbocycles. The van der Waals surface area contributed by atoms with Gasteiger partial charge >= 0.3 is 0 Å². The SMILES string of the molecule is CCN1C(=O)C(C)(C)C(=O)N(C)c2cc(OCCCN(CCNC)Cc3ccncc3)ccc21.Cl.Cl.Cl. The zero-order valence-electron chi connectivity index (χ0n) is 22.2. The third-order valence-corrected chi connectivity index (χ3v) is 6.26. The first-order valence-corrected chi connectivity index (χ1v) is 11.9. The van der Waals surface area contributed by atoms with E-state index in [2.05, 4.69) is 15.2 Å². The Balaban J connectivity index is 0.00000432. The van der Waals surface area contributed by atoms with Gasteiger partial charge in [0.2, 0.25) is 11.8 Å². The molecule has 0 bridgehead atoms. The Morgan fingerprint density at radius 1 is 1.00 bits per heavy atom. The van der Waals surface area contributed by atoms with E-state index in [1.54, 1.807) is 30.7 Å². The van der Waals surface area contributed by atoms with Gasteiger partial charge in [-0.2, -0.15) is 0 Å². The minimum atomic E-state index is -1.11. The summed E-state index contributed by atoms with van der Waals surface area (Å²) in [5, 5.41) is 3.21. The highest BCUT2D eigenvalue weighted by molar-refractivity contribution is 6.20. The number of carbonyl (C=O) groups is 2. The number of amides is 2. The van der Waals surface area contributed by atoms with Crippen molar-refractivity contribution in [3.63, 3.8) is 0 Å². The number of hydrogen-bond acceptors (Lipinski definition) is 6. The van der Waals surface area contributed by atoms with Crippen LogP contribution in [-0.2, 0) is 16.1 Å².